The molecule has 7 heteroatoms. The van der Waals surface area contributed by atoms with Crippen molar-refractivity contribution in [1.29, 1.82) is 0 Å². The number of ether oxygens (including phenoxy) is 1. The molecule has 30 heavy (non-hydrogen) atoms. The van der Waals surface area contributed by atoms with Crippen LogP contribution < -0.4 is 10.9 Å². The molecule has 1 amide bonds. The van der Waals surface area contributed by atoms with Gasteiger partial charge in [-0.25, -0.2) is 4.68 Å². The number of nitrogens with zero attached hydrogens (tertiary/aromatic N) is 3. The van der Waals surface area contributed by atoms with Crippen molar-refractivity contribution in [2.45, 2.75) is 39.9 Å². The highest BCUT2D eigenvalue weighted by atomic mass is 16.5. The third kappa shape index (κ3) is 6.24. The molecule has 1 fully saturated rings. The lowest BCUT2D eigenvalue weighted by Gasteiger charge is -2.35. The molecule has 1 aromatic carbocycles. The van der Waals surface area contributed by atoms with Gasteiger partial charge >= 0.3 is 0 Å². The van der Waals surface area contributed by atoms with Crippen LogP contribution in [-0.4, -0.2) is 47.4 Å². The summed E-state index contributed by atoms with van der Waals surface area (Å²) in [5.41, 5.74) is 2.28. The Morgan fingerprint density at radius 2 is 1.77 bits per heavy atom. The van der Waals surface area contributed by atoms with Gasteiger partial charge in [0.05, 0.1) is 13.2 Å². The molecule has 1 aliphatic heterocycles. The number of amides is 1. The SMILES string of the molecule is COCCn1nc(C(=O)NCc2ccc(CN3CC(C)CC(C)C3)cc2)ccc1=O. The highest BCUT2D eigenvalue weighted by molar-refractivity contribution is 5.91. The van der Waals surface area contributed by atoms with Crippen molar-refractivity contribution in [2.24, 2.45) is 11.8 Å². The van der Waals surface area contributed by atoms with Crippen molar-refractivity contribution in [3.8, 4) is 0 Å². The fraction of sp³-hybridized carbons (Fsp3) is 0.522. The Balaban J connectivity index is 1.53. The molecule has 0 saturated carbocycles. The smallest absolute Gasteiger partial charge is 0.271 e. The summed E-state index contributed by atoms with van der Waals surface area (Å²) in [6.07, 6.45) is 1.31. The van der Waals surface area contributed by atoms with Gasteiger partial charge in [-0.05, 0) is 35.4 Å². The van der Waals surface area contributed by atoms with Crippen LogP contribution >= 0.6 is 0 Å². The number of methoxy groups -OCH3 is 1. The molecule has 1 aromatic heterocycles. The van der Waals surface area contributed by atoms with Crippen molar-refractivity contribution < 1.29 is 9.53 Å². The van der Waals surface area contributed by atoms with E-state index in [9.17, 15) is 9.59 Å². The van der Waals surface area contributed by atoms with Crippen molar-refractivity contribution in [3.63, 3.8) is 0 Å². The number of hydrogen-bond donors (Lipinski definition) is 1. The Bertz CT molecular complexity index is 884. The molecule has 0 bridgehead atoms. The summed E-state index contributed by atoms with van der Waals surface area (Å²) in [4.78, 5) is 26.7. The molecule has 0 aliphatic carbocycles. The minimum absolute atomic E-state index is 0.218. The summed E-state index contributed by atoms with van der Waals surface area (Å²) in [6, 6.07) is 11.2. The minimum atomic E-state index is -0.304. The van der Waals surface area contributed by atoms with E-state index in [-0.39, 0.29) is 17.2 Å². The number of hydrogen-bond acceptors (Lipinski definition) is 5. The molecule has 1 saturated heterocycles. The monoisotopic (exact) mass is 412 g/mol. The molecular formula is C23H32N4O3. The number of carbonyl (C=O) groups is 1. The van der Waals surface area contributed by atoms with Crippen LogP contribution in [0.1, 0.15) is 41.9 Å². The number of rotatable bonds is 8. The van der Waals surface area contributed by atoms with Crippen molar-refractivity contribution in [3.05, 3.63) is 63.6 Å². The molecular weight excluding hydrogens is 380 g/mol. The van der Waals surface area contributed by atoms with E-state index in [0.717, 1.165) is 37.0 Å². The predicted molar refractivity (Wildman–Crippen MR) is 116 cm³/mol. The number of nitrogens with one attached hydrogen (secondary N) is 1. The summed E-state index contributed by atoms with van der Waals surface area (Å²) < 4.78 is 6.22. The van der Waals surface area contributed by atoms with Crippen LogP contribution in [-0.2, 0) is 24.4 Å². The maximum Gasteiger partial charge on any atom is 0.271 e. The summed E-state index contributed by atoms with van der Waals surface area (Å²) >= 11 is 0. The molecule has 7 nitrogen and oxygen atoms in total. The maximum atomic E-state index is 12.4. The van der Waals surface area contributed by atoms with Gasteiger partial charge in [0.1, 0.15) is 5.69 Å². The van der Waals surface area contributed by atoms with E-state index in [2.05, 4.69) is 53.4 Å². The fourth-order valence-corrected chi connectivity index (χ4v) is 4.12. The number of likely N-dealkylation sites (tertiary alicyclic amines) is 1. The predicted octanol–water partition coefficient (Wildman–Crippen LogP) is 2.30. The Labute approximate surface area is 178 Å². The molecule has 1 aliphatic rings. The summed E-state index contributed by atoms with van der Waals surface area (Å²) in [5.74, 6) is 1.20. The second-order valence-electron chi connectivity index (χ2n) is 8.41. The molecule has 1 N–H and O–H groups in total. The second-order valence-corrected chi connectivity index (χ2v) is 8.41. The summed E-state index contributed by atoms with van der Waals surface area (Å²) in [7, 11) is 1.56. The van der Waals surface area contributed by atoms with E-state index in [1.54, 1.807) is 7.11 Å². The molecule has 2 atom stereocenters. The van der Waals surface area contributed by atoms with Crippen molar-refractivity contribution in [1.82, 2.24) is 20.0 Å². The Hall–Kier alpha value is -2.51. The molecule has 3 rings (SSSR count). The van der Waals surface area contributed by atoms with Crippen LogP contribution in [0.5, 0.6) is 0 Å². The first-order chi connectivity index (χ1) is 14.4. The zero-order valence-corrected chi connectivity index (χ0v) is 18.1. The number of benzene rings is 1. The van der Waals surface area contributed by atoms with Gasteiger partial charge in [-0.3, -0.25) is 14.5 Å². The molecule has 0 radical (unpaired) electrons. The average molecular weight is 413 g/mol. The second kappa shape index (κ2) is 10.5. The minimum Gasteiger partial charge on any atom is -0.383 e. The van der Waals surface area contributed by atoms with E-state index < -0.39 is 0 Å². The zero-order valence-electron chi connectivity index (χ0n) is 18.1. The molecule has 2 unspecified atom stereocenters. The van der Waals surface area contributed by atoms with Gasteiger partial charge in [0, 0.05) is 39.4 Å². The van der Waals surface area contributed by atoms with Crippen LogP contribution in [0.3, 0.4) is 0 Å². The highest BCUT2D eigenvalue weighted by Crippen LogP contribution is 2.22. The Kier molecular flexibility index (Phi) is 7.76. The van der Waals surface area contributed by atoms with E-state index in [4.69, 9.17) is 4.74 Å². The maximum absolute atomic E-state index is 12.4. The van der Waals surface area contributed by atoms with Crippen LogP contribution in [0.25, 0.3) is 0 Å². The first-order valence-electron chi connectivity index (χ1n) is 10.6. The lowest BCUT2D eigenvalue weighted by Crippen LogP contribution is -2.38. The average Bonchev–Trinajstić information content (AvgIpc) is 2.71. The van der Waals surface area contributed by atoms with Gasteiger partial charge in [0.25, 0.3) is 11.5 Å². The standard InChI is InChI=1S/C23H32N4O3/c1-17-12-18(2)15-26(14-17)16-20-6-4-19(5-7-20)13-24-23(29)21-8-9-22(28)27(25-21)10-11-30-3/h4-9,17-18H,10-16H2,1-3H3,(H,24,29). The van der Waals surface area contributed by atoms with E-state index in [1.807, 2.05) is 0 Å². The number of carbonyl (C=O) groups excluding carboxylic acids is 1. The Morgan fingerprint density at radius 1 is 1.10 bits per heavy atom. The van der Waals surface area contributed by atoms with Gasteiger partial charge in [-0.1, -0.05) is 38.1 Å². The summed E-state index contributed by atoms with van der Waals surface area (Å²) in [6.45, 7) is 9.01. The zero-order chi connectivity index (χ0) is 21.5. The first-order valence-corrected chi connectivity index (χ1v) is 10.6. The number of piperidine rings is 1. The fourth-order valence-electron chi connectivity index (χ4n) is 4.12. The van der Waals surface area contributed by atoms with Gasteiger partial charge in [-0.15, -0.1) is 0 Å². The van der Waals surface area contributed by atoms with Crippen molar-refractivity contribution in [2.75, 3.05) is 26.8 Å². The summed E-state index contributed by atoms with van der Waals surface area (Å²) in [5, 5.41) is 6.99. The first kappa shape index (κ1) is 22.2. The van der Waals surface area contributed by atoms with E-state index in [0.29, 0.717) is 19.7 Å². The van der Waals surface area contributed by atoms with Crippen LogP contribution in [0.2, 0.25) is 0 Å². The lowest BCUT2D eigenvalue weighted by atomic mass is 9.91. The highest BCUT2D eigenvalue weighted by Gasteiger charge is 2.21. The van der Waals surface area contributed by atoms with Gasteiger partial charge in [-0.2, -0.15) is 5.10 Å². The molecule has 2 aromatic rings. The van der Waals surface area contributed by atoms with Gasteiger partial charge in [0.2, 0.25) is 0 Å². The van der Waals surface area contributed by atoms with E-state index in [1.165, 1.54) is 28.8 Å². The van der Waals surface area contributed by atoms with Crippen LogP contribution in [0.4, 0.5) is 0 Å². The molecule has 0 spiro atoms. The third-order valence-corrected chi connectivity index (χ3v) is 5.43. The number of aromatic nitrogens is 2. The Morgan fingerprint density at radius 3 is 2.43 bits per heavy atom. The molecule has 162 valence electrons. The topological polar surface area (TPSA) is 76.5 Å². The van der Waals surface area contributed by atoms with Crippen LogP contribution in [0.15, 0.2) is 41.2 Å². The quantitative estimate of drug-likeness (QED) is 0.720. The lowest BCUT2D eigenvalue weighted by molar-refractivity contribution is 0.0942. The van der Waals surface area contributed by atoms with Gasteiger partial charge in [0.15, 0.2) is 0 Å². The van der Waals surface area contributed by atoms with Crippen molar-refractivity contribution >= 4 is 5.91 Å². The van der Waals surface area contributed by atoms with Gasteiger partial charge < -0.3 is 10.1 Å². The molecule has 2 heterocycles. The van der Waals surface area contributed by atoms with Crippen LogP contribution in [0, 0.1) is 11.8 Å². The van der Waals surface area contributed by atoms with E-state index >= 15 is 0 Å². The largest absolute Gasteiger partial charge is 0.383 e. The third-order valence-electron chi connectivity index (χ3n) is 5.43. The normalized spacial score (nSPS) is 19.6.